The van der Waals surface area contributed by atoms with Gasteiger partial charge < -0.3 is 20.5 Å². The van der Waals surface area contributed by atoms with Gasteiger partial charge in [0.05, 0.1) is 17.7 Å². The van der Waals surface area contributed by atoms with E-state index in [0.717, 1.165) is 17.4 Å². The van der Waals surface area contributed by atoms with Crippen LogP contribution in [0.2, 0.25) is 0 Å². The van der Waals surface area contributed by atoms with E-state index in [1.54, 1.807) is 19.2 Å². The number of carbonyl (C=O) groups is 1. The normalized spacial score (nSPS) is 22.4. The van der Waals surface area contributed by atoms with E-state index in [2.05, 4.69) is 26.6 Å². The second-order valence-corrected chi connectivity index (χ2v) is 5.67. The lowest BCUT2D eigenvalue weighted by Crippen LogP contribution is -2.41. The Morgan fingerprint density at radius 1 is 1.63 bits per heavy atom. The minimum atomic E-state index is -0.566. The molecule has 0 radical (unpaired) electrons. The zero-order valence-corrected chi connectivity index (χ0v) is 12.3. The molecule has 19 heavy (non-hydrogen) atoms. The number of benzene rings is 1. The molecular weight excluding hydrogens is 312 g/mol. The zero-order valence-electron chi connectivity index (χ0n) is 10.7. The van der Waals surface area contributed by atoms with Gasteiger partial charge in [-0.3, -0.25) is 4.79 Å². The molecule has 1 aliphatic heterocycles. The number of phenols is 1. The van der Waals surface area contributed by atoms with Crippen LogP contribution in [-0.2, 0) is 9.53 Å². The van der Waals surface area contributed by atoms with Crippen molar-refractivity contribution in [3.05, 3.63) is 22.7 Å². The van der Waals surface area contributed by atoms with Crippen molar-refractivity contribution in [2.75, 3.05) is 32.1 Å². The Morgan fingerprint density at radius 3 is 3.05 bits per heavy atom. The van der Waals surface area contributed by atoms with Gasteiger partial charge in [-0.25, -0.2) is 0 Å². The minimum Gasteiger partial charge on any atom is -0.506 e. The first-order valence-corrected chi connectivity index (χ1v) is 6.86. The van der Waals surface area contributed by atoms with Crippen LogP contribution < -0.4 is 10.6 Å². The van der Waals surface area contributed by atoms with Crippen molar-refractivity contribution in [3.63, 3.8) is 0 Å². The van der Waals surface area contributed by atoms with Crippen molar-refractivity contribution >= 4 is 27.5 Å². The third-order valence-corrected chi connectivity index (χ3v) is 3.85. The zero-order chi connectivity index (χ0) is 13.9. The van der Waals surface area contributed by atoms with Crippen LogP contribution in [0.1, 0.15) is 6.42 Å². The van der Waals surface area contributed by atoms with Crippen LogP contribution in [0, 0.1) is 5.41 Å². The molecule has 1 aliphatic rings. The maximum atomic E-state index is 12.4. The molecule has 1 heterocycles. The number of aromatic hydroxyl groups is 1. The summed E-state index contributed by atoms with van der Waals surface area (Å²) in [5.74, 6) is -0.0807. The average Bonchev–Trinajstić information content (AvgIpc) is 2.84. The van der Waals surface area contributed by atoms with Gasteiger partial charge in [0.1, 0.15) is 5.75 Å². The van der Waals surface area contributed by atoms with Crippen molar-refractivity contribution < 1.29 is 14.6 Å². The van der Waals surface area contributed by atoms with Gasteiger partial charge in [-0.15, -0.1) is 0 Å². The summed E-state index contributed by atoms with van der Waals surface area (Å²) in [6, 6.07) is 4.93. The van der Waals surface area contributed by atoms with Gasteiger partial charge in [-0.05, 0) is 31.2 Å². The molecule has 0 bridgehead atoms. The number of nitrogens with one attached hydrogen (secondary N) is 2. The highest BCUT2D eigenvalue weighted by atomic mass is 79.9. The van der Waals surface area contributed by atoms with E-state index in [0.29, 0.717) is 18.8 Å². The second kappa shape index (κ2) is 5.90. The van der Waals surface area contributed by atoms with Crippen LogP contribution >= 0.6 is 15.9 Å². The average molecular weight is 329 g/mol. The van der Waals surface area contributed by atoms with Crippen LogP contribution in [0.5, 0.6) is 5.75 Å². The SMILES string of the molecule is COCC1(C(=O)Nc2cc(Br)ccc2O)CCNC1. The first-order chi connectivity index (χ1) is 9.07. The lowest BCUT2D eigenvalue weighted by atomic mass is 9.87. The Kier molecular flexibility index (Phi) is 4.44. The second-order valence-electron chi connectivity index (χ2n) is 4.76. The van der Waals surface area contributed by atoms with Gasteiger partial charge >= 0.3 is 0 Å². The number of rotatable bonds is 4. The highest BCUT2D eigenvalue weighted by Crippen LogP contribution is 2.31. The van der Waals surface area contributed by atoms with Crippen LogP contribution in [0.25, 0.3) is 0 Å². The number of phenolic OH excluding ortho intramolecular Hbond substituents is 1. The molecule has 1 aromatic carbocycles. The molecule has 5 nitrogen and oxygen atoms in total. The summed E-state index contributed by atoms with van der Waals surface area (Å²) in [5, 5.41) is 15.7. The fourth-order valence-corrected chi connectivity index (χ4v) is 2.63. The monoisotopic (exact) mass is 328 g/mol. The topological polar surface area (TPSA) is 70.6 Å². The van der Waals surface area contributed by atoms with E-state index in [-0.39, 0.29) is 11.7 Å². The minimum absolute atomic E-state index is 0.0510. The molecule has 6 heteroatoms. The van der Waals surface area contributed by atoms with E-state index < -0.39 is 5.41 Å². The summed E-state index contributed by atoms with van der Waals surface area (Å²) in [6.45, 7) is 1.74. The molecule has 104 valence electrons. The van der Waals surface area contributed by atoms with Crippen molar-refractivity contribution in [1.82, 2.24) is 5.32 Å². The van der Waals surface area contributed by atoms with Gasteiger partial charge in [0.2, 0.25) is 5.91 Å². The fourth-order valence-electron chi connectivity index (χ4n) is 2.27. The predicted molar refractivity (Wildman–Crippen MR) is 76.2 cm³/mol. The standard InChI is InChI=1S/C13H17BrN2O3/c1-19-8-13(4-5-15-7-13)12(18)16-10-6-9(14)2-3-11(10)17/h2-3,6,15,17H,4-5,7-8H2,1H3,(H,16,18). The van der Waals surface area contributed by atoms with Crippen molar-refractivity contribution in [2.45, 2.75) is 6.42 Å². The highest BCUT2D eigenvalue weighted by Gasteiger charge is 2.41. The van der Waals surface area contributed by atoms with E-state index in [1.165, 1.54) is 6.07 Å². The van der Waals surface area contributed by atoms with Crippen LogP contribution in [0.15, 0.2) is 22.7 Å². The number of methoxy groups -OCH3 is 1. The summed E-state index contributed by atoms with van der Waals surface area (Å²) < 4.78 is 5.97. The van der Waals surface area contributed by atoms with E-state index >= 15 is 0 Å². The van der Waals surface area contributed by atoms with Crippen molar-refractivity contribution in [1.29, 1.82) is 0 Å². The maximum Gasteiger partial charge on any atom is 0.234 e. The number of carbonyl (C=O) groups excluding carboxylic acids is 1. The molecule has 1 saturated heterocycles. The largest absolute Gasteiger partial charge is 0.506 e. The fraction of sp³-hybridized carbons (Fsp3) is 0.462. The Morgan fingerprint density at radius 2 is 2.42 bits per heavy atom. The van der Waals surface area contributed by atoms with Gasteiger partial charge in [0.25, 0.3) is 0 Å². The van der Waals surface area contributed by atoms with Crippen LogP contribution in [0.4, 0.5) is 5.69 Å². The van der Waals surface area contributed by atoms with Crippen LogP contribution in [-0.4, -0.2) is 37.8 Å². The number of halogens is 1. The van der Waals surface area contributed by atoms with Gasteiger partial charge in [-0.1, -0.05) is 15.9 Å². The van der Waals surface area contributed by atoms with Gasteiger partial charge in [0, 0.05) is 18.1 Å². The maximum absolute atomic E-state index is 12.4. The summed E-state index contributed by atoms with van der Waals surface area (Å²) >= 11 is 3.31. The van der Waals surface area contributed by atoms with E-state index in [1.807, 2.05) is 0 Å². The molecule has 0 aromatic heterocycles. The first-order valence-electron chi connectivity index (χ1n) is 6.07. The number of ether oxygens (including phenoxy) is 1. The van der Waals surface area contributed by atoms with E-state index in [9.17, 15) is 9.90 Å². The molecule has 0 aliphatic carbocycles. The number of hydrogen-bond donors (Lipinski definition) is 3. The molecule has 2 rings (SSSR count). The highest BCUT2D eigenvalue weighted by molar-refractivity contribution is 9.10. The van der Waals surface area contributed by atoms with Gasteiger partial charge in [-0.2, -0.15) is 0 Å². The Hall–Kier alpha value is -1.11. The molecule has 1 atom stereocenters. The number of amides is 1. The smallest absolute Gasteiger partial charge is 0.234 e. The van der Waals surface area contributed by atoms with Crippen LogP contribution in [0.3, 0.4) is 0 Å². The molecule has 1 unspecified atom stereocenters. The molecule has 1 aromatic rings. The van der Waals surface area contributed by atoms with Crippen molar-refractivity contribution in [3.8, 4) is 5.75 Å². The Bertz CT molecular complexity index is 473. The Labute approximate surface area is 120 Å². The number of anilines is 1. The predicted octanol–water partition coefficient (Wildman–Crippen LogP) is 1.72. The summed E-state index contributed by atoms with van der Waals surface area (Å²) in [4.78, 5) is 12.4. The molecular formula is C13H17BrN2O3. The van der Waals surface area contributed by atoms with E-state index in [4.69, 9.17) is 4.74 Å². The lowest BCUT2D eigenvalue weighted by Gasteiger charge is -2.26. The third-order valence-electron chi connectivity index (χ3n) is 3.35. The number of hydrogen-bond acceptors (Lipinski definition) is 4. The molecule has 3 N–H and O–H groups in total. The molecule has 1 fully saturated rings. The molecule has 0 saturated carbocycles. The first kappa shape index (κ1) is 14.3. The quantitative estimate of drug-likeness (QED) is 0.736. The summed E-state index contributed by atoms with van der Waals surface area (Å²) in [7, 11) is 1.59. The lowest BCUT2D eigenvalue weighted by molar-refractivity contribution is -0.127. The third kappa shape index (κ3) is 3.08. The summed E-state index contributed by atoms with van der Waals surface area (Å²) in [6.07, 6.45) is 0.724. The van der Waals surface area contributed by atoms with Gasteiger partial charge in [0.15, 0.2) is 0 Å². The van der Waals surface area contributed by atoms with Crippen molar-refractivity contribution in [2.24, 2.45) is 5.41 Å². The summed E-state index contributed by atoms with van der Waals surface area (Å²) in [5.41, 5.74) is -0.162. The molecule has 0 spiro atoms. The Balaban J connectivity index is 2.17. The molecule has 1 amide bonds.